The van der Waals surface area contributed by atoms with Crippen molar-refractivity contribution in [1.29, 1.82) is 0 Å². The van der Waals surface area contributed by atoms with E-state index in [2.05, 4.69) is 42.2 Å². The number of carboxylic acid groups (broad SMARTS) is 1. The summed E-state index contributed by atoms with van der Waals surface area (Å²) in [5, 5.41) is 39.2. The van der Waals surface area contributed by atoms with Gasteiger partial charge in [-0.25, -0.2) is 0 Å². The van der Waals surface area contributed by atoms with Crippen molar-refractivity contribution in [3.63, 3.8) is 0 Å². The molecule has 68 heavy (non-hydrogen) atoms. The third-order valence-electron chi connectivity index (χ3n) is 11.4. The molecule has 3 heterocycles. The highest BCUT2D eigenvalue weighted by molar-refractivity contribution is 7.99. The second-order valence-electron chi connectivity index (χ2n) is 16.5. The number of aromatic amines is 1. The van der Waals surface area contributed by atoms with E-state index >= 15 is 0 Å². The number of amides is 8. The number of aryl methyl sites for hydroxylation is 1. The number of rotatable bonds is 12. The Labute approximate surface area is 394 Å². The molecule has 1 unspecified atom stereocenters. The van der Waals surface area contributed by atoms with E-state index in [0.717, 1.165) is 47.0 Å². The number of thioether (sulfide) groups is 1. The number of aromatic nitrogens is 1. The quantitative estimate of drug-likeness (QED) is 0.0775. The van der Waals surface area contributed by atoms with Gasteiger partial charge in [-0.05, 0) is 24.5 Å². The number of hydrogen-bond acceptors (Lipinski definition) is 15. The molecule has 24 nitrogen and oxygen atoms in total. The average molecular weight is 974 g/mol. The van der Waals surface area contributed by atoms with Crippen LogP contribution < -0.4 is 37.2 Å². The third kappa shape index (κ3) is 15.1. The second kappa shape index (κ2) is 24.8. The molecule has 8 amide bonds. The summed E-state index contributed by atoms with van der Waals surface area (Å²) < 4.78 is 10.4. The highest BCUT2D eigenvalue weighted by Crippen LogP contribution is 2.29. The summed E-state index contributed by atoms with van der Waals surface area (Å²) in [7, 11) is 0. The Hall–Kier alpha value is -6.76. The first-order chi connectivity index (χ1) is 32.1. The van der Waals surface area contributed by atoms with Crippen LogP contribution in [0.2, 0.25) is 0 Å². The van der Waals surface area contributed by atoms with Crippen LogP contribution in [-0.2, 0) is 62.2 Å². The topological polar surface area (TPSA) is 350 Å². The molecule has 0 radical (unpaired) electrons. The monoisotopic (exact) mass is 973 g/mol. The summed E-state index contributed by atoms with van der Waals surface area (Å²) in [6, 6.07) is -0.515. The fourth-order valence-corrected chi connectivity index (χ4v) is 8.55. The van der Waals surface area contributed by atoms with Crippen molar-refractivity contribution in [3.05, 3.63) is 29.8 Å². The van der Waals surface area contributed by atoms with E-state index in [1.807, 2.05) is 31.2 Å². The fourth-order valence-electron chi connectivity index (χ4n) is 7.48. The van der Waals surface area contributed by atoms with Gasteiger partial charge in [-0.1, -0.05) is 45.4 Å². The molecule has 2 aromatic rings. The first-order valence-electron chi connectivity index (χ1n) is 21.8. The Morgan fingerprint density at radius 1 is 0.794 bits per heavy atom. The predicted molar refractivity (Wildman–Crippen MR) is 240 cm³/mol. The van der Waals surface area contributed by atoms with Crippen molar-refractivity contribution in [2.75, 3.05) is 38.5 Å². The standard InChI is InChI=1S/C43H59N9O15S/c1-7-20(2)36-40(63)46-16-33(57)47-29(19-68-42-21(3)26-10-8-9-11-27(26)49-42)38(61)48-28(13-35(59)60)43(65)52-17-25(55)12-30(52)39(62)51-37(22(4)31(67-24(6)54)18-66-23(5)53)41(64)45-14-32(56)44-15-34(58)50-36/h8-11,20,22,25,28-31,36-37,49,55H,7,12-19H2,1-6H3,(H,44,56)(H,45,64)(H,46,63)(H,47,57)(H,48,61)(H,50,58)(H,51,62)(H,59,60)/t20-,22-,25+,28?,29-,30-,31-,36-,37-/m0/s1. The highest BCUT2D eigenvalue weighted by Gasteiger charge is 2.45. The van der Waals surface area contributed by atoms with Crippen LogP contribution in [0.5, 0.6) is 0 Å². The van der Waals surface area contributed by atoms with E-state index in [1.54, 1.807) is 13.8 Å². The van der Waals surface area contributed by atoms with Gasteiger partial charge in [-0.15, -0.1) is 11.8 Å². The van der Waals surface area contributed by atoms with Crippen molar-refractivity contribution >= 4 is 87.8 Å². The molecule has 10 N–H and O–H groups in total. The molecule has 2 aliphatic rings. The SMILES string of the molecule is CC[C@H](C)[C@@H]1NC(=O)CNC(=O)CNC(=O)[C@H]([C@@H](C)[C@H](COC(C)=O)OC(C)=O)NC(=O)[C@@H]2C[C@@H](O)CN2C(=O)C(CC(=O)O)NC(=O)[C@H](CSc2[nH]c3ccccc3c2C)NC(=O)CNC1=O. The van der Waals surface area contributed by atoms with Crippen molar-refractivity contribution in [2.45, 2.75) is 108 Å². The van der Waals surface area contributed by atoms with Crippen LogP contribution in [0.3, 0.4) is 0 Å². The van der Waals surface area contributed by atoms with E-state index in [9.17, 15) is 63.0 Å². The van der Waals surface area contributed by atoms with Gasteiger partial charge in [-0.3, -0.25) is 52.7 Å². The van der Waals surface area contributed by atoms with E-state index in [0.29, 0.717) is 11.4 Å². The van der Waals surface area contributed by atoms with Gasteiger partial charge in [0.1, 0.15) is 42.9 Å². The lowest BCUT2D eigenvalue weighted by Crippen LogP contribution is -2.61. The molecule has 0 bridgehead atoms. The molecular weight excluding hydrogens is 915 g/mol. The summed E-state index contributed by atoms with van der Waals surface area (Å²) in [5.41, 5.74) is 1.61. The van der Waals surface area contributed by atoms with Crippen molar-refractivity contribution in [1.82, 2.24) is 47.1 Å². The zero-order chi connectivity index (χ0) is 50.4. The number of aliphatic hydroxyl groups is 1. The van der Waals surface area contributed by atoms with Crippen molar-refractivity contribution in [3.8, 4) is 0 Å². The van der Waals surface area contributed by atoms with Crippen LogP contribution >= 0.6 is 11.8 Å². The summed E-state index contributed by atoms with van der Waals surface area (Å²) in [4.78, 5) is 150. The Balaban J connectivity index is 1.74. The maximum Gasteiger partial charge on any atom is 0.305 e. The summed E-state index contributed by atoms with van der Waals surface area (Å²) in [6.45, 7) is 5.48. The summed E-state index contributed by atoms with van der Waals surface area (Å²) in [5.74, 6) is -12.7. The van der Waals surface area contributed by atoms with E-state index < -0.39 is 165 Å². The number of esters is 2. The fraction of sp³-hybridized carbons (Fsp3) is 0.558. The van der Waals surface area contributed by atoms with Crippen LogP contribution in [-0.4, -0.2) is 166 Å². The van der Waals surface area contributed by atoms with E-state index in [4.69, 9.17) is 9.47 Å². The summed E-state index contributed by atoms with van der Waals surface area (Å²) >= 11 is 1.13. The number of nitrogens with one attached hydrogen (secondary N) is 8. The normalized spacial score (nSPS) is 24.3. The first kappa shape index (κ1) is 53.9. The Morgan fingerprint density at radius 2 is 1.43 bits per heavy atom. The number of aliphatic hydroxyl groups excluding tert-OH is 1. The van der Waals surface area contributed by atoms with Crippen LogP contribution in [0.4, 0.5) is 0 Å². The second-order valence-corrected chi connectivity index (χ2v) is 17.6. The number of carbonyl (C=O) groups is 11. The van der Waals surface area contributed by atoms with Gasteiger partial charge >= 0.3 is 17.9 Å². The molecule has 0 saturated carbocycles. The van der Waals surface area contributed by atoms with Crippen LogP contribution in [0.15, 0.2) is 29.3 Å². The number of carbonyl (C=O) groups excluding carboxylic acids is 10. The van der Waals surface area contributed by atoms with Gasteiger partial charge in [-0.2, -0.15) is 0 Å². The van der Waals surface area contributed by atoms with Crippen molar-refractivity contribution < 1.29 is 72.4 Å². The number of nitrogens with zero attached hydrogens (tertiary/aromatic N) is 1. The Bertz CT molecular complexity index is 2260. The van der Waals surface area contributed by atoms with Gasteiger partial charge in [0.05, 0.1) is 37.2 Å². The number of H-pyrrole nitrogens is 1. The lowest BCUT2D eigenvalue weighted by Gasteiger charge is -2.33. The lowest BCUT2D eigenvalue weighted by atomic mass is 9.94. The molecule has 0 aliphatic carbocycles. The van der Waals surface area contributed by atoms with Gasteiger partial charge in [0.15, 0.2) is 0 Å². The largest absolute Gasteiger partial charge is 0.481 e. The third-order valence-corrected chi connectivity index (χ3v) is 12.6. The molecule has 2 fully saturated rings. The van der Waals surface area contributed by atoms with Crippen LogP contribution in [0, 0.1) is 18.8 Å². The maximum absolute atomic E-state index is 14.3. The number of benzene rings is 1. The average Bonchev–Trinajstić information content (AvgIpc) is 3.84. The number of ether oxygens (including phenoxy) is 2. The number of carboxylic acids is 1. The molecule has 4 rings (SSSR count). The molecule has 9 atom stereocenters. The predicted octanol–water partition coefficient (Wildman–Crippen LogP) is -2.52. The number of aliphatic carboxylic acids is 1. The molecule has 372 valence electrons. The minimum atomic E-state index is -1.89. The Kier molecular flexibility index (Phi) is 19.7. The van der Waals surface area contributed by atoms with Crippen LogP contribution in [0.1, 0.15) is 59.4 Å². The van der Waals surface area contributed by atoms with Gasteiger partial charge in [0.2, 0.25) is 47.3 Å². The number of hydrogen-bond donors (Lipinski definition) is 10. The summed E-state index contributed by atoms with van der Waals surface area (Å²) in [6.07, 6.45) is -3.80. The number of para-hydroxylation sites is 1. The molecule has 1 aromatic carbocycles. The zero-order valence-corrected chi connectivity index (χ0v) is 39.2. The minimum absolute atomic E-state index is 0.189. The van der Waals surface area contributed by atoms with Gasteiger partial charge in [0.25, 0.3) is 0 Å². The first-order valence-corrected chi connectivity index (χ1v) is 22.8. The van der Waals surface area contributed by atoms with E-state index in [1.165, 1.54) is 6.92 Å². The Morgan fingerprint density at radius 3 is 2.06 bits per heavy atom. The molecule has 25 heteroatoms. The van der Waals surface area contributed by atoms with Gasteiger partial charge < -0.3 is 66.8 Å². The lowest BCUT2D eigenvalue weighted by molar-refractivity contribution is -0.161. The van der Waals surface area contributed by atoms with Crippen LogP contribution in [0.25, 0.3) is 10.9 Å². The molecular formula is C43H59N9O15S. The molecule has 2 aliphatic heterocycles. The van der Waals surface area contributed by atoms with Crippen molar-refractivity contribution in [2.24, 2.45) is 11.8 Å². The van der Waals surface area contributed by atoms with Gasteiger partial charge in [0, 0.05) is 49.4 Å². The smallest absolute Gasteiger partial charge is 0.305 e. The molecule has 0 spiro atoms. The minimum Gasteiger partial charge on any atom is -0.481 e. The maximum atomic E-state index is 14.3. The molecule has 2 saturated heterocycles. The number of fused-ring (bicyclic) bond motifs is 2. The molecule has 1 aromatic heterocycles. The highest BCUT2D eigenvalue weighted by atomic mass is 32.2. The van der Waals surface area contributed by atoms with E-state index in [-0.39, 0.29) is 5.75 Å². The zero-order valence-electron chi connectivity index (χ0n) is 38.4.